The molecule has 1 heterocycles. The number of hydrogen-bond donors (Lipinski definition) is 2. The second-order valence-corrected chi connectivity index (χ2v) is 8.20. The summed E-state index contributed by atoms with van der Waals surface area (Å²) in [5.41, 5.74) is 0.935. The van der Waals surface area contributed by atoms with Crippen LogP contribution in [0.25, 0.3) is 0 Å². The van der Waals surface area contributed by atoms with Gasteiger partial charge in [0.2, 0.25) is 5.88 Å². The number of aromatic amines is 1. The molecular formula is C19H24ClNO3S. The van der Waals surface area contributed by atoms with E-state index in [0.29, 0.717) is 28.7 Å². The van der Waals surface area contributed by atoms with Crippen molar-refractivity contribution in [2.75, 3.05) is 6.61 Å². The summed E-state index contributed by atoms with van der Waals surface area (Å²) in [5, 5.41) is 10.2. The number of benzene rings is 1. The van der Waals surface area contributed by atoms with E-state index in [1.807, 2.05) is 18.2 Å². The van der Waals surface area contributed by atoms with E-state index in [1.165, 1.54) is 38.5 Å². The van der Waals surface area contributed by atoms with Crippen molar-refractivity contribution in [3.05, 3.63) is 43.3 Å². The Bertz CT molecular complexity index is 749. The summed E-state index contributed by atoms with van der Waals surface area (Å²) in [6.07, 6.45) is 9.66. The van der Waals surface area contributed by atoms with Gasteiger partial charge < -0.3 is 9.84 Å². The molecule has 3 rings (SSSR count). The van der Waals surface area contributed by atoms with E-state index in [9.17, 15) is 9.90 Å². The number of thiazole rings is 1. The fraction of sp³-hybridized carbons (Fsp3) is 0.526. The molecule has 0 saturated heterocycles. The van der Waals surface area contributed by atoms with Crippen molar-refractivity contribution in [3.8, 4) is 11.6 Å². The third kappa shape index (κ3) is 5.25. The molecule has 136 valence electrons. The predicted octanol–water partition coefficient (Wildman–Crippen LogP) is 5.13. The first-order chi connectivity index (χ1) is 12.1. The molecule has 0 amide bonds. The predicted molar refractivity (Wildman–Crippen MR) is 102 cm³/mol. The number of aromatic nitrogens is 1. The normalized spacial score (nSPS) is 15.4. The molecule has 4 nitrogen and oxygen atoms in total. The number of halogens is 1. The first kappa shape index (κ1) is 18.3. The van der Waals surface area contributed by atoms with Gasteiger partial charge in [-0.3, -0.25) is 9.78 Å². The van der Waals surface area contributed by atoms with E-state index >= 15 is 0 Å². The lowest BCUT2D eigenvalue weighted by Gasteiger charge is -2.21. The van der Waals surface area contributed by atoms with Gasteiger partial charge in [0.1, 0.15) is 5.75 Å². The van der Waals surface area contributed by atoms with Crippen molar-refractivity contribution < 1.29 is 9.84 Å². The molecule has 1 fully saturated rings. The van der Waals surface area contributed by atoms with Crippen molar-refractivity contribution in [2.45, 2.75) is 51.4 Å². The van der Waals surface area contributed by atoms with Crippen molar-refractivity contribution in [3.63, 3.8) is 0 Å². The molecule has 0 spiro atoms. The quantitative estimate of drug-likeness (QED) is 0.654. The van der Waals surface area contributed by atoms with Gasteiger partial charge in [-0.2, -0.15) is 0 Å². The molecule has 6 heteroatoms. The van der Waals surface area contributed by atoms with Gasteiger partial charge in [0.25, 0.3) is 0 Å². The molecule has 2 N–H and O–H groups in total. The van der Waals surface area contributed by atoms with Crippen molar-refractivity contribution in [1.82, 2.24) is 4.98 Å². The van der Waals surface area contributed by atoms with Gasteiger partial charge in [0.15, 0.2) is 0 Å². The Morgan fingerprint density at radius 3 is 2.76 bits per heavy atom. The number of H-pyrrole nitrogens is 1. The summed E-state index contributed by atoms with van der Waals surface area (Å²) in [6, 6.07) is 5.62. The van der Waals surface area contributed by atoms with Crippen LogP contribution < -0.4 is 9.61 Å². The molecule has 1 aliphatic rings. The highest BCUT2D eigenvalue weighted by Gasteiger charge is 2.13. The third-order valence-electron chi connectivity index (χ3n) is 4.80. The molecule has 1 aromatic heterocycles. The zero-order chi connectivity index (χ0) is 17.6. The lowest BCUT2D eigenvalue weighted by Crippen LogP contribution is -2.08. The van der Waals surface area contributed by atoms with Gasteiger partial charge in [0, 0.05) is 6.42 Å². The molecule has 0 radical (unpaired) electrons. The minimum atomic E-state index is -0.253. The lowest BCUT2D eigenvalue weighted by molar-refractivity contribution is 0.269. The molecule has 0 unspecified atom stereocenters. The van der Waals surface area contributed by atoms with Gasteiger partial charge in [-0.15, -0.1) is 0 Å². The number of aromatic hydroxyl groups is 1. The Labute approximate surface area is 156 Å². The fourth-order valence-corrected chi connectivity index (χ4v) is 4.47. The molecule has 0 atom stereocenters. The first-order valence-electron chi connectivity index (χ1n) is 8.94. The Kier molecular flexibility index (Phi) is 6.43. The van der Waals surface area contributed by atoms with Crippen LogP contribution in [0.3, 0.4) is 0 Å². The second kappa shape index (κ2) is 8.77. The second-order valence-electron chi connectivity index (χ2n) is 6.72. The SMILES string of the molecule is O=c1[nH]c(O)c(Cc2ccc(OCCCC3CCCCC3)c(Cl)c2)s1. The Morgan fingerprint density at radius 2 is 2.08 bits per heavy atom. The lowest BCUT2D eigenvalue weighted by atomic mass is 9.86. The van der Waals surface area contributed by atoms with Crippen LogP contribution in [0, 0.1) is 5.92 Å². The summed E-state index contributed by atoms with van der Waals surface area (Å²) in [4.78, 5) is 14.0. The topological polar surface area (TPSA) is 62.3 Å². The molecule has 1 aromatic carbocycles. The monoisotopic (exact) mass is 381 g/mol. The third-order valence-corrected chi connectivity index (χ3v) is 5.97. The van der Waals surface area contributed by atoms with Crippen molar-refractivity contribution in [2.24, 2.45) is 5.92 Å². The molecule has 1 saturated carbocycles. The average molecular weight is 382 g/mol. The Balaban J connectivity index is 1.49. The van der Waals surface area contributed by atoms with E-state index in [4.69, 9.17) is 16.3 Å². The minimum absolute atomic E-state index is 0.0610. The smallest absolute Gasteiger partial charge is 0.307 e. The maximum Gasteiger partial charge on any atom is 0.307 e. The maximum atomic E-state index is 11.2. The van der Waals surface area contributed by atoms with Gasteiger partial charge in [0.05, 0.1) is 16.5 Å². The van der Waals surface area contributed by atoms with Crippen LogP contribution in [0.1, 0.15) is 55.4 Å². The van der Waals surface area contributed by atoms with Crippen LogP contribution >= 0.6 is 22.9 Å². The fourth-order valence-electron chi connectivity index (χ4n) is 3.46. The van der Waals surface area contributed by atoms with E-state index < -0.39 is 0 Å². The van der Waals surface area contributed by atoms with Gasteiger partial charge in [-0.1, -0.05) is 61.1 Å². The highest BCUT2D eigenvalue weighted by molar-refractivity contribution is 7.09. The number of hydrogen-bond acceptors (Lipinski definition) is 4. The average Bonchev–Trinajstić information content (AvgIpc) is 2.91. The number of nitrogens with one attached hydrogen (secondary N) is 1. The van der Waals surface area contributed by atoms with Crippen molar-refractivity contribution in [1.29, 1.82) is 0 Å². The van der Waals surface area contributed by atoms with Crippen molar-refractivity contribution >= 4 is 22.9 Å². The Morgan fingerprint density at radius 1 is 1.28 bits per heavy atom. The van der Waals surface area contributed by atoms with E-state index in [-0.39, 0.29) is 10.8 Å². The molecule has 25 heavy (non-hydrogen) atoms. The van der Waals surface area contributed by atoms with Crippen LogP contribution in [0.15, 0.2) is 23.0 Å². The molecule has 1 aliphatic carbocycles. The van der Waals surface area contributed by atoms with Gasteiger partial charge >= 0.3 is 4.87 Å². The van der Waals surface area contributed by atoms with Crippen LogP contribution in [-0.4, -0.2) is 16.7 Å². The highest BCUT2D eigenvalue weighted by Crippen LogP contribution is 2.30. The summed E-state index contributed by atoms with van der Waals surface area (Å²) < 4.78 is 5.83. The summed E-state index contributed by atoms with van der Waals surface area (Å²) >= 11 is 7.33. The van der Waals surface area contributed by atoms with Crippen LogP contribution in [-0.2, 0) is 6.42 Å². The Hall–Kier alpha value is -1.46. The van der Waals surface area contributed by atoms with E-state index in [1.54, 1.807) is 0 Å². The number of rotatable bonds is 7. The standard InChI is InChI=1S/C19H24ClNO3S/c20-15-11-14(12-17-18(22)21-19(23)25-17)8-9-16(15)24-10-4-7-13-5-2-1-3-6-13/h8-9,11,13,22H,1-7,10,12H2,(H,21,23). The van der Waals surface area contributed by atoms with Crippen LogP contribution in [0.5, 0.6) is 11.6 Å². The molecule has 0 aliphatic heterocycles. The summed E-state index contributed by atoms with van der Waals surface area (Å²) in [7, 11) is 0. The van der Waals surface area contributed by atoms with Gasteiger partial charge in [-0.05, 0) is 36.5 Å². The van der Waals surface area contributed by atoms with E-state index in [2.05, 4.69) is 4.98 Å². The largest absolute Gasteiger partial charge is 0.494 e. The summed E-state index contributed by atoms with van der Waals surface area (Å²) in [6.45, 7) is 0.690. The van der Waals surface area contributed by atoms with E-state index in [0.717, 1.165) is 29.2 Å². The van der Waals surface area contributed by atoms with Crippen LogP contribution in [0.4, 0.5) is 0 Å². The molecule has 2 aromatic rings. The first-order valence-corrected chi connectivity index (χ1v) is 10.1. The minimum Gasteiger partial charge on any atom is -0.494 e. The molecular weight excluding hydrogens is 358 g/mol. The zero-order valence-corrected chi connectivity index (χ0v) is 15.8. The molecule has 0 bridgehead atoms. The maximum absolute atomic E-state index is 11.2. The van der Waals surface area contributed by atoms with Crippen LogP contribution in [0.2, 0.25) is 5.02 Å². The summed E-state index contributed by atoms with van der Waals surface area (Å²) in [5.74, 6) is 1.51. The number of ether oxygens (including phenoxy) is 1. The zero-order valence-electron chi connectivity index (χ0n) is 14.2. The highest BCUT2D eigenvalue weighted by atomic mass is 35.5. The van der Waals surface area contributed by atoms with Gasteiger partial charge in [-0.25, -0.2) is 0 Å².